The van der Waals surface area contributed by atoms with Gasteiger partial charge in [0.1, 0.15) is 0 Å². The maximum absolute atomic E-state index is 12.2. The van der Waals surface area contributed by atoms with Gasteiger partial charge in [0.25, 0.3) is 0 Å². The lowest BCUT2D eigenvalue weighted by Crippen LogP contribution is -2.37. The number of nitrogens with zero attached hydrogens (tertiary/aromatic N) is 6. The predicted molar refractivity (Wildman–Crippen MR) is 124 cm³/mol. The first kappa shape index (κ1) is 20.3. The Kier molecular flexibility index (Phi) is 5.65. The summed E-state index contributed by atoms with van der Waals surface area (Å²) < 4.78 is 7.26. The maximum Gasteiger partial charge on any atom is 0.324 e. The van der Waals surface area contributed by atoms with Crippen molar-refractivity contribution in [2.45, 2.75) is 13.5 Å². The van der Waals surface area contributed by atoms with Crippen LogP contribution in [0, 0.1) is 0 Å². The van der Waals surface area contributed by atoms with Crippen LogP contribution in [0.4, 0.5) is 21.3 Å². The second-order valence-electron chi connectivity index (χ2n) is 7.18. The van der Waals surface area contributed by atoms with Crippen molar-refractivity contribution in [1.82, 2.24) is 25.0 Å². The topological polar surface area (TPSA) is 110 Å². The smallest absolute Gasteiger partial charge is 0.324 e. The van der Waals surface area contributed by atoms with Crippen LogP contribution in [0.15, 0.2) is 41.8 Å². The summed E-state index contributed by atoms with van der Waals surface area (Å²) in [5, 5.41) is 16.9. The van der Waals surface area contributed by atoms with Gasteiger partial charge >= 0.3 is 6.03 Å². The van der Waals surface area contributed by atoms with E-state index in [-0.39, 0.29) is 6.03 Å². The highest BCUT2D eigenvalue weighted by Gasteiger charge is 2.21. The first-order valence-corrected chi connectivity index (χ1v) is 11.2. The third kappa shape index (κ3) is 4.12. The number of morpholine rings is 1. The molecule has 0 unspecified atom stereocenters. The lowest BCUT2D eigenvalue weighted by atomic mass is 10.2. The van der Waals surface area contributed by atoms with Gasteiger partial charge in [0.05, 0.1) is 18.2 Å². The van der Waals surface area contributed by atoms with Gasteiger partial charge in [-0.1, -0.05) is 5.21 Å². The van der Waals surface area contributed by atoms with Gasteiger partial charge in [0.15, 0.2) is 22.8 Å². The lowest BCUT2D eigenvalue weighted by molar-refractivity contribution is 0.122. The molecule has 3 aromatic heterocycles. The number of thiophene rings is 1. The van der Waals surface area contributed by atoms with Gasteiger partial charge in [-0.15, -0.1) is 16.4 Å². The second kappa shape index (κ2) is 8.89. The van der Waals surface area contributed by atoms with Crippen molar-refractivity contribution >= 4 is 45.0 Å². The summed E-state index contributed by atoms with van der Waals surface area (Å²) in [6.45, 7) is 5.45. The molecule has 0 radical (unpaired) electrons. The number of rotatable bonds is 5. The zero-order valence-corrected chi connectivity index (χ0v) is 18.3. The first-order valence-electron chi connectivity index (χ1n) is 10.4. The van der Waals surface area contributed by atoms with Gasteiger partial charge < -0.3 is 15.0 Å². The average Bonchev–Trinajstić information content (AvgIpc) is 3.49. The molecular formula is C21H22N8O2S. The fraction of sp³-hybridized carbons (Fsp3) is 0.286. The third-order valence-corrected chi connectivity index (χ3v) is 5.90. The molecule has 0 bridgehead atoms. The summed E-state index contributed by atoms with van der Waals surface area (Å²) in [6, 6.07) is 10.9. The summed E-state index contributed by atoms with van der Waals surface area (Å²) in [5.74, 6) is 1.36. The highest BCUT2D eigenvalue weighted by atomic mass is 32.1. The Morgan fingerprint density at radius 1 is 1.12 bits per heavy atom. The van der Waals surface area contributed by atoms with Crippen LogP contribution in [0.3, 0.4) is 0 Å². The van der Waals surface area contributed by atoms with Crippen molar-refractivity contribution in [2.75, 3.05) is 41.8 Å². The Balaban J connectivity index is 1.42. The summed E-state index contributed by atoms with van der Waals surface area (Å²) in [6.07, 6.45) is 0. The van der Waals surface area contributed by atoms with Crippen LogP contribution in [0.1, 0.15) is 6.92 Å². The van der Waals surface area contributed by atoms with E-state index in [0.29, 0.717) is 42.4 Å². The van der Waals surface area contributed by atoms with E-state index in [4.69, 9.17) is 14.7 Å². The Morgan fingerprint density at radius 3 is 2.66 bits per heavy atom. The largest absolute Gasteiger partial charge is 0.378 e. The minimum Gasteiger partial charge on any atom is -0.378 e. The SMILES string of the molecule is CCn1nnc2c(N3CCOCC3)nc(-c3ccc(NC(=O)Nc4cccs4)cc3)nc21. The molecule has 0 atom stereocenters. The summed E-state index contributed by atoms with van der Waals surface area (Å²) >= 11 is 1.47. The van der Waals surface area contributed by atoms with Crippen LogP contribution in [0.2, 0.25) is 0 Å². The molecular weight excluding hydrogens is 428 g/mol. The number of benzene rings is 1. The molecule has 1 aliphatic heterocycles. The average molecular weight is 451 g/mol. The molecule has 1 aliphatic rings. The highest BCUT2D eigenvalue weighted by Crippen LogP contribution is 2.27. The molecule has 10 nitrogen and oxygen atoms in total. The fourth-order valence-corrected chi connectivity index (χ4v) is 4.12. The van der Waals surface area contributed by atoms with Gasteiger partial charge in [0, 0.05) is 30.9 Å². The third-order valence-electron chi connectivity index (χ3n) is 5.11. The normalized spacial score (nSPS) is 14.0. The molecule has 32 heavy (non-hydrogen) atoms. The van der Waals surface area contributed by atoms with Crippen LogP contribution in [-0.2, 0) is 11.3 Å². The molecule has 5 rings (SSSR count). The maximum atomic E-state index is 12.2. The Hall–Kier alpha value is -3.57. The van der Waals surface area contributed by atoms with Gasteiger partial charge in [0.2, 0.25) is 0 Å². The highest BCUT2D eigenvalue weighted by molar-refractivity contribution is 7.14. The molecule has 164 valence electrons. The van der Waals surface area contributed by atoms with Gasteiger partial charge in [-0.2, -0.15) is 0 Å². The van der Waals surface area contributed by atoms with Crippen molar-refractivity contribution in [1.29, 1.82) is 0 Å². The van der Waals surface area contributed by atoms with E-state index >= 15 is 0 Å². The standard InChI is InChI=1S/C21H22N8O2S/c1-2-29-20-17(26-27-29)19(28-9-11-31-12-10-28)24-18(25-20)14-5-7-15(8-6-14)22-21(30)23-16-4-3-13-32-16/h3-8,13H,2,9-12H2,1H3,(H2,22,23,30). The van der Waals surface area contributed by atoms with E-state index in [1.54, 1.807) is 4.68 Å². The number of urea groups is 1. The van der Waals surface area contributed by atoms with Crippen LogP contribution in [0.5, 0.6) is 0 Å². The van der Waals surface area contributed by atoms with E-state index in [1.807, 2.05) is 48.7 Å². The number of aromatic nitrogens is 5. The number of hydrogen-bond donors (Lipinski definition) is 2. The minimum absolute atomic E-state index is 0.287. The predicted octanol–water partition coefficient (Wildman–Crippen LogP) is 3.45. The summed E-state index contributed by atoms with van der Waals surface area (Å²) in [7, 11) is 0. The molecule has 11 heteroatoms. The van der Waals surface area contributed by atoms with Gasteiger partial charge in [-0.25, -0.2) is 19.4 Å². The summed E-state index contributed by atoms with van der Waals surface area (Å²) in [4.78, 5) is 23.9. The number of nitrogens with one attached hydrogen (secondary N) is 2. The zero-order valence-electron chi connectivity index (χ0n) is 17.5. The number of ether oxygens (including phenoxy) is 1. The van der Waals surface area contributed by atoms with Crippen LogP contribution in [0.25, 0.3) is 22.6 Å². The molecule has 4 aromatic rings. The molecule has 2 amide bonds. The van der Waals surface area contributed by atoms with Crippen molar-refractivity contribution < 1.29 is 9.53 Å². The molecule has 1 fully saturated rings. The van der Waals surface area contributed by atoms with E-state index in [9.17, 15) is 4.79 Å². The number of carbonyl (C=O) groups is 1. The minimum atomic E-state index is -0.287. The quantitative estimate of drug-likeness (QED) is 0.479. The Labute approximate surface area is 188 Å². The van der Waals surface area contributed by atoms with Crippen molar-refractivity contribution in [3.05, 3.63) is 41.8 Å². The molecule has 0 aliphatic carbocycles. The second-order valence-corrected chi connectivity index (χ2v) is 8.13. The Morgan fingerprint density at radius 2 is 1.94 bits per heavy atom. The van der Waals surface area contributed by atoms with Crippen molar-refractivity contribution in [3.63, 3.8) is 0 Å². The number of aryl methyl sites for hydroxylation is 1. The molecule has 1 aromatic carbocycles. The lowest BCUT2D eigenvalue weighted by Gasteiger charge is -2.27. The summed E-state index contributed by atoms with van der Waals surface area (Å²) in [5.41, 5.74) is 2.92. The van der Waals surface area contributed by atoms with E-state index in [1.165, 1.54) is 11.3 Å². The number of carbonyl (C=O) groups excluding carboxylic acids is 1. The number of fused-ring (bicyclic) bond motifs is 1. The van der Waals surface area contributed by atoms with Crippen molar-refractivity contribution in [2.24, 2.45) is 0 Å². The first-order chi connectivity index (χ1) is 15.7. The van der Waals surface area contributed by atoms with Crippen LogP contribution >= 0.6 is 11.3 Å². The van der Waals surface area contributed by atoms with Gasteiger partial charge in [-0.05, 0) is 48.7 Å². The number of anilines is 3. The molecule has 4 heterocycles. The van der Waals surface area contributed by atoms with E-state index in [2.05, 4.69) is 25.8 Å². The number of amides is 2. The molecule has 1 saturated heterocycles. The van der Waals surface area contributed by atoms with Crippen LogP contribution < -0.4 is 15.5 Å². The van der Waals surface area contributed by atoms with Crippen molar-refractivity contribution in [3.8, 4) is 11.4 Å². The number of hydrogen-bond acceptors (Lipinski definition) is 8. The molecule has 0 spiro atoms. The van der Waals surface area contributed by atoms with Gasteiger partial charge in [-0.3, -0.25) is 5.32 Å². The van der Waals surface area contributed by atoms with E-state index < -0.39 is 0 Å². The fourth-order valence-electron chi connectivity index (χ4n) is 3.51. The molecule has 0 saturated carbocycles. The monoisotopic (exact) mass is 450 g/mol. The Bertz CT molecular complexity index is 1220. The zero-order chi connectivity index (χ0) is 21.9. The van der Waals surface area contributed by atoms with E-state index in [0.717, 1.165) is 29.5 Å². The molecule has 2 N–H and O–H groups in total. The van der Waals surface area contributed by atoms with Crippen LogP contribution in [-0.4, -0.2) is 57.3 Å².